The number of pyridine rings is 1. The van der Waals surface area contributed by atoms with Gasteiger partial charge in [-0.2, -0.15) is 0 Å². The van der Waals surface area contributed by atoms with E-state index in [4.69, 9.17) is 14.2 Å². The summed E-state index contributed by atoms with van der Waals surface area (Å²) in [6.45, 7) is 0.713. The second-order valence-corrected chi connectivity index (χ2v) is 6.06. The van der Waals surface area contributed by atoms with Gasteiger partial charge in [-0.05, 0) is 60.7 Å². The Hall–Kier alpha value is -3.74. The molecule has 3 rings (SSSR count). The molecule has 0 saturated heterocycles. The van der Waals surface area contributed by atoms with Crippen molar-refractivity contribution in [2.24, 2.45) is 0 Å². The van der Waals surface area contributed by atoms with Gasteiger partial charge in [0.05, 0.1) is 20.8 Å². The number of amides is 1. The molecular weight excluding hydrogens is 370 g/mol. The topological polar surface area (TPSA) is 81.7 Å². The Morgan fingerprint density at radius 2 is 1.48 bits per heavy atom. The fourth-order valence-corrected chi connectivity index (χ4v) is 2.57. The number of benzene rings is 2. The van der Waals surface area contributed by atoms with Gasteiger partial charge in [0.2, 0.25) is 0 Å². The van der Waals surface area contributed by atoms with Crippen molar-refractivity contribution in [2.45, 2.75) is 0 Å². The lowest BCUT2D eigenvalue weighted by atomic mass is 10.2. The zero-order chi connectivity index (χ0) is 20.5. The zero-order valence-corrected chi connectivity index (χ0v) is 16.3. The van der Waals surface area contributed by atoms with Crippen molar-refractivity contribution in [3.05, 3.63) is 72.6 Å². The molecule has 1 amide bonds. The Bertz CT molecular complexity index is 928. The second-order valence-electron chi connectivity index (χ2n) is 6.06. The quantitative estimate of drug-likeness (QED) is 0.540. The number of aromatic nitrogens is 1. The molecule has 3 aromatic rings. The van der Waals surface area contributed by atoms with E-state index in [2.05, 4.69) is 15.6 Å². The van der Waals surface area contributed by atoms with Crippen LogP contribution in [0, 0.1) is 0 Å². The average molecular weight is 393 g/mol. The number of hydrogen-bond donors (Lipinski definition) is 2. The van der Waals surface area contributed by atoms with E-state index in [1.54, 1.807) is 32.5 Å². The lowest BCUT2D eigenvalue weighted by Gasteiger charge is -2.10. The first-order chi connectivity index (χ1) is 14.2. The first kappa shape index (κ1) is 20.0. The largest absolute Gasteiger partial charge is 0.497 e. The monoisotopic (exact) mass is 393 g/mol. The zero-order valence-electron chi connectivity index (χ0n) is 16.3. The van der Waals surface area contributed by atoms with Crippen LogP contribution in [0.4, 0.5) is 11.4 Å². The molecule has 0 fully saturated rings. The highest BCUT2D eigenvalue weighted by Gasteiger charge is 2.08. The van der Waals surface area contributed by atoms with Crippen LogP contribution in [0.2, 0.25) is 0 Å². The van der Waals surface area contributed by atoms with Gasteiger partial charge in [0, 0.05) is 17.6 Å². The molecule has 0 unspecified atom stereocenters. The van der Waals surface area contributed by atoms with Crippen LogP contribution >= 0.6 is 0 Å². The molecule has 0 aliphatic heterocycles. The van der Waals surface area contributed by atoms with Gasteiger partial charge in [-0.3, -0.25) is 9.78 Å². The molecule has 0 radical (unpaired) electrons. The Balaban J connectivity index is 1.49. The van der Waals surface area contributed by atoms with E-state index in [-0.39, 0.29) is 5.91 Å². The molecule has 0 aliphatic carbocycles. The fraction of sp³-hybridized carbons (Fsp3) is 0.182. The second kappa shape index (κ2) is 9.98. The van der Waals surface area contributed by atoms with E-state index in [0.29, 0.717) is 24.6 Å². The molecule has 0 spiro atoms. The standard InChI is InChI=1S/C22H23N3O4/c1-27-18-5-3-16(4-6-18)25-17-11-12-23-21(15-17)22(26)24-13-14-29-20-9-7-19(28-2)8-10-20/h3-12,15H,13-14H2,1-2H3,(H,23,25)(H,24,26). The number of nitrogens with one attached hydrogen (secondary N) is 2. The van der Waals surface area contributed by atoms with Crippen molar-refractivity contribution in [3.63, 3.8) is 0 Å². The van der Waals surface area contributed by atoms with Crippen LogP contribution in [-0.2, 0) is 0 Å². The molecule has 1 aromatic heterocycles. The minimum atomic E-state index is -0.262. The highest BCUT2D eigenvalue weighted by molar-refractivity contribution is 5.93. The molecule has 7 heteroatoms. The number of hydrogen-bond acceptors (Lipinski definition) is 6. The number of ether oxygens (including phenoxy) is 3. The molecule has 2 aromatic carbocycles. The van der Waals surface area contributed by atoms with Crippen LogP contribution in [0.3, 0.4) is 0 Å². The Morgan fingerprint density at radius 3 is 2.14 bits per heavy atom. The van der Waals surface area contributed by atoms with Crippen molar-refractivity contribution in [2.75, 3.05) is 32.7 Å². The minimum absolute atomic E-state index is 0.262. The number of carbonyl (C=O) groups excluding carboxylic acids is 1. The van der Waals surface area contributed by atoms with E-state index >= 15 is 0 Å². The summed E-state index contributed by atoms with van der Waals surface area (Å²) in [6, 6.07) is 18.3. The maximum atomic E-state index is 12.3. The van der Waals surface area contributed by atoms with E-state index in [1.165, 1.54) is 0 Å². The van der Waals surface area contributed by atoms with Gasteiger partial charge in [0.15, 0.2) is 0 Å². The number of anilines is 2. The van der Waals surface area contributed by atoms with Crippen LogP contribution in [0.1, 0.15) is 10.5 Å². The summed E-state index contributed by atoms with van der Waals surface area (Å²) >= 11 is 0. The van der Waals surface area contributed by atoms with Gasteiger partial charge in [0.25, 0.3) is 5.91 Å². The number of methoxy groups -OCH3 is 2. The van der Waals surface area contributed by atoms with Crippen LogP contribution in [0.25, 0.3) is 0 Å². The van der Waals surface area contributed by atoms with Gasteiger partial charge in [-0.15, -0.1) is 0 Å². The first-order valence-corrected chi connectivity index (χ1v) is 9.10. The molecule has 0 saturated carbocycles. The molecule has 0 atom stereocenters. The van der Waals surface area contributed by atoms with Crippen molar-refractivity contribution in [1.29, 1.82) is 0 Å². The van der Waals surface area contributed by atoms with E-state index in [0.717, 1.165) is 22.9 Å². The molecular formula is C22H23N3O4. The summed E-state index contributed by atoms with van der Waals surface area (Å²) in [6.07, 6.45) is 1.59. The molecule has 150 valence electrons. The summed E-state index contributed by atoms with van der Waals surface area (Å²) in [5.74, 6) is 1.99. The highest BCUT2D eigenvalue weighted by atomic mass is 16.5. The van der Waals surface area contributed by atoms with Crippen LogP contribution < -0.4 is 24.8 Å². The van der Waals surface area contributed by atoms with Gasteiger partial charge in [-0.1, -0.05) is 0 Å². The van der Waals surface area contributed by atoms with Gasteiger partial charge < -0.3 is 24.8 Å². The third kappa shape index (κ3) is 5.87. The molecule has 2 N–H and O–H groups in total. The van der Waals surface area contributed by atoms with E-state index in [1.807, 2.05) is 48.5 Å². The van der Waals surface area contributed by atoms with Crippen molar-refractivity contribution in [1.82, 2.24) is 10.3 Å². The van der Waals surface area contributed by atoms with Crippen LogP contribution in [0.15, 0.2) is 66.9 Å². The fourth-order valence-electron chi connectivity index (χ4n) is 2.57. The SMILES string of the molecule is COc1ccc(Nc2ccnc(C(=O)NCCOc3ccc(OC)cc3)c2)cc1. The lowest BCUT2D eigenvalue weighted by molar-refractivity contribution is 0.0942. The predicted octanol–water partition coefficient (Wildman–Crippen LogP) is 3.65. The number of nitrogens with zero attached hydrogens (tertiary/aromatic N) is 1. The summed E-state index contributed by atoms with van der Waals surface area (Å²) in [4.78, 5) is 16.5. The Kier molecular flexibility index (Phi) is 6.89. The number of rotatable bonds is 9. The van der Waals surface area contributed by atoms with E-state index < -0.39 is 0 Å². The first-order valence-electron chi connectivity index (χ1n) is 9.10. The maximum absolute atomic E-state index is 12.3. The van der Waals surface area contributed by atoms with Crippen molar-refractivity contribution < 1.29 is 19.0 Å². The Morgan fingerprint density at radius 1 is 0.862 bits per heavy atom. The third-order valence-electron chi connectivity index (χ3n) is 4.09. The lowest BCUT2D eigenvalue weighted by Crippen LogP contribution is -2.28. The molecule has 1 heterocycles. The normalized spacial score (nSPS) is 10.1. The third-order valence-corrected chi connectivity index (χ3v) is 4.09. The molecule has 29 heavy (non-hydrogen) atoms. The average Bonchev–Trinajstić information content (AvgIpc) is 2.77. The molecule has 0 aliphatic rings. The van der Waals surface area contributed by atoms with E-state index in [9.17, 15) is 4.79 Å². The van der Waals surface area contributed by atoms with Crippen LogP contribution in [0.5, 0.6) is 17.2 Å². The van der Waals surface area contributed by atoms with Crippen molar-refractivity contribution >= 4 is 17.3 Å². The van der Waals surface area contributed by atoms with Gasteiger partial charge >= 0.3 is 0 Å². The summed E-state index contributed by atoms with van der Waals surface area (Å²) in [5, 5.41) is 6.04. The molecule has 0 bridgehead atoms. The minimum Gasteiger partial charge on any atom is -0.497 e. The van der Waals surface area contributed by atoms with Gasteiger partial charge in [0.1, 0.15) is 29.5 Å². The van der Waals surface area contributed by atoms with Gasteiger partial charge in [-0.25, -0.2) is 0 Å². The summed E-state index contributed by atoms with van der Waals surface area (Å²) < 4.78 is 15.9. The van der Waals surface area contributed by atoms with Crippen molar-refractivity contribution in [3.8, 4) is 17.2 Å². The summed E-state index contributed by atoms with van der Waals surface area (Å²) in [5.41, 5.74) is 1.98. The maximum Gasteiger partial charge on any atom is 0.270 e. The van der Waals surface area contributed by atoms with Crippen LogP contribution in [-0.4, -0.2) is 38.3 Å². The Labute approximate surface area is 169 Å². The molecule has 7 nitrogen and oxygen atoms in total. The number of carbonyl (C=O) groups is 1. The highest BCUT2D eigenvalue weighted by Crippen LogP contribution is 2.20. The smallest absolute Gasteiger partial charge is 0.270 e. The summed E-state index contributed by atoms with van der Waals surface area (Å²) in [7, 11) is 3.24. The predicted molar refractivity (Wildman–Crippen MR) is 111 cm³/mol.